The second-order valence-corrected chi connectivity index (χ2v) is 5.26. The van der Waals surface area contributed by atoms with Crippen LogP contribution in [0.5, 0.6) is 0 Å². The second-order valence-electron chi connectivity index (χ2n) is 3.99. The van der Waals surface area contributed by atoms with E-state index in [1.165, 1.54) is 19.1 Å². The quantitative estimate of drug-likeness (QED) is 0.860. The number of aliphatic hydroxyl groups is 2. The summed E-state index contributed by atoms with van der Waals surface area (Å²) in [6.45, 7) is 1.42. The van der Waals surface area contributed by atoms with E-state index in [1.54, 1.807) is 6.07 Å². The number of hydrogen-bond donors (Lipinski definition) is 2. The number of carbonyl (C=O) groups is 1. The number of benzene rings is 1. The van der Waals surface area contributed by atoms with Crippen LogP contribution in [-0.4, -0.2) is 27.2 Å². The smallest absolute Gasteiger partial charge is 0.185 e. The monoisotopic (exact) mass is 283 g/mol. The van der Waals surface area contributed by atoms with Crippen molar-refractivity contribution in [2.45, 2.75) is 25.6 Å². The van der Waals surface area contributed by atoms with Gasteiger partial charge in [0.1, 0.15) is 18.0 Å². The van der Waals surface area contributed by atoms with E-state index in [4.69, 9.17) is 5.26 Å². The van der Waals surface area contributed by atoms with Crippen LogP contribution < -0.4 is 0 Å². The van der Waals surface area contributed by atoms with E-state index in [0.717, 1.165) is 17.8 Å². The van der Waals surface area contributed by atoms with E-state index < -0.39 is 18.0 Å². The first kappa shape index (κ1) is 15.6. The fraction of sp³-hybridized carbons (Fsp3) is 0.385. The van der Waals surface area contributed by atoms with Crippen molar-refractivity contribution in [3.05, 3.63) is 35.1 Å². The number of carbonyl (C=O) groups excluding carboxylic acids is 1. The number of hydrogen-bond acceptors (Lipinski definition) is 5. The predicted molar refractivity (Wildman–Crippen MR) is 69.8 cm³/mol. The lowest BCUT2D eigenvalue weighted by Crippen LogP contribution is -2.19. The molecule has 1 aromatic carbocycles. The highest BCUT2D eigenvalue weighted by Crippen LogP contribution is 2.22. The van der Waals surface area contributed by atoms with E-state index in [0.29, 0.717) is 5.75 Å². The lowest BCUT2D eigenvalue weighted by Gasteiger charge is -2.18. The Morgan fingerprint density at radius 2 is 2.21 bits per heavy atom. The molecule has 0 radical (unpaired) electrons. The van der Waals surface area contributed by atoms with Crippen LogP contribution >= 0.6 is 11.8 Å². The molecule has 0 aliphatic heterocycles. The van der Waals surface area contributed by atoms with Crippen LogP contribution in [0.2, 0.25) is 0 Å². The van der Waals surface area contributed by atoms with Crippen LogP contribution in [0.3, 0.4) is 0 Å². The minimum atomic E-state index is -1.21. The van der Waals surface area contributed by atoms with E-state index in [2.05, 4.69) is 0 Å². The zero-order valence-electron chi connectivity index (χ0n) is 10.3. The summed E-state index contributed by atoms with van der Waals surface area (Å²) in [5.41, 5.74) is 0.0973. The van der Waals surface area contributed by atoms with Gasteiger partial charge in [0.15, 0.2) is 5.12 Å². The van der Waals surface area contributed by atoms with Crippen LogP contribution in [0.25, 0.3) is 0 Å². The molecule has 0 bridgehead atoms. The summed E-state index contributed by atoms with van der Waals surface area (Å²) >= 11 is 1.06. The van der Waals surface area contributed by atoms with Crippen LogP contribution in [0.1, 0.15) is 30.6 Å². The number of thioether (sulfide) groups is 1. The summed E-state index contributed by atoms with van der Waals surface area (Å²) in [4.78, 5) is 10.7. The normalized spacial score (nSPS) is 13.6. The average Bonchev–Trinajstić information content (AvgIpc) is 2.38. The van der Waals surface area contributed by atoms with E-state index in [1.807, 2.05) is 0 Å². The molecule has 19 heavy (non-hydrogen) atoms. The molecule has 0 aliphatic carbocycles. The summed E-state index contributed by atoms with van der Waals surface area (Å²) in [6.07, 6.45) is -2.05. The zero-order valence-corrected chi connectivity index (χ0v) is 11.2. The van der Waals surface area contributed by atoms with Gasteiger partial charge in [-0.2, -0.15) is 5.26 Å². The van der Waals surface area contributed by atoms with Gasteiger partial charge in [-0.3, -0.25) is 4.79 Å². The van der Waals surface area contributed by atoms with Crippen molar-refractivity contribution in [2.75, 3.05) is 5.75 Å². The molecular weight excluding hydrogens is 269 g/mol. The molecule has 0 amide bonds. The standard InChI is InChI=1S/C13H14FNO3S/c1-8(16)19-5-4-12(17)13(18)9-2-3-11(14)10(6-9)7-15/h2-3,6,12-13,17-18H,4-5H2,1H3. The summed E-state index contributed by atoms with van der Waals surface area (Å²) in [6, 6.07) is 5.28. The third-order valence-corrected chi connectivity index (χ3v) is 3.38. The van der Waals surface area contributed by atoms with E-state index >= 15 is 0 Å². The van der Waals surface area contributed by atoms with Crippen LogP contribution in [-0.2, 0) is 4.79 Å². The number of nitriles is 1. The van der Waals surface area contributed by atoms with E-state index in [-0.39, 0.29) is 22.7 Å². The van der Waals surface area contributed by atoms with Gasteiger partial charge in [-0.15, -0.1) is 0 Å². The molecule has 0 heterocycles. The number of rotatable bonds is 5. The van der Waals surface area contributed by atoms with Gasteiger partial charge >= 0.3 is 0 Å². The highest BCUT2D eigenvalue weighted by molar-refractivity contribution is 8.13. The summed E-state index contributed by atoms with van der Waals surface area (Å²) in [5.74, 6) is -0.278. The SMILES string of the molecule is CC(=O)SCCC(O)C(O)c1ccc(F)c(C#N)c1. The van der Waals surface area contributed by atoms with Crippen molar-refractivity contribution < 1.29 is 19.4 Å². The Kier molecular flexibility index (Phi) is 5.96. The van der Waals surface area contributed by atoms with Crippen molar-refractivity contribution in [1.29, 1.82) is 5.26 Å². The highest BCUT2D eigenvalue weighted by atomic mass is 32.2. The minimum Gasteiger partial charge on any atom is -0.390 e. The van der Waals surface area contributed by atoms with Crippen LogP contribution in [0, 0.1) is 17.1 Å². The molecule has 1 aromatic rings. The van der Waals surface area contributed by atoms with Gasteiger partial charge in [0, 0.05) is 12.7 Å². The number of halogens is 1. The summed E-state index contributed by atoms with van der Waals surface area (Å²) < 4.78 is 13.1. The van der Waals surface area contributed by atoms with Gasteiger partial charge in [-0.05, 0) is 24.1 Å². The van der Waals surface area contributed by atoms with Gasteiger partial charge in [-0.1, -0.05) is 17.8 Å². The maximum absolute atomic E-state index is 13.1. The molecule has 6 heteroatoms. The molecular formula is C13H14FNO3S. The first-order chi connectivity index (χ1) is 8.95. The Balaban J connectivity index is 2.69. The van der Waals surface area contributed by atoms with Crippen LogP contribution in [0.15, 0.2) is 18.2 Å². The van der Waals surface area contributed by atoms with Crippen molar-refractivity contribution in [2.24, 2.45) is 0 Å². The van der Waals surface area contributed by atoms with Crippen molar-refractivity contribution >= 4 is 16.9 Å². The maximum atomic E-state index is 13.1. The Morgan fingerprint density at radius 1 is 1.53 bits per heavy atom. The third-order valence-electron chi connectivity index (χ3n) is 2.54. The first-order valence-corrected chi connectivity index (χ1v) is 6.63. The topological polar surface area (TPSA) is 81.3 Å². The molecule has 0 aromatic heterocycles. The minimum absolute atomic E-state index is 0.0600. The molecule has 2 N–H and O–H groups in total. The Hall–Kier alpha value is -1.42. The zero-order chi connectivity index (χ0) is 14.4. The number of nitrogens with zero attached hydrogens (tertiary/aromatic N) is 1. The predicted octanol–water partition coefficient (Wildman–Crippen LogP) is 1.76. The Morgan fingerprint density at radius 3 is 2.79 bits per heavy atom. The van der Waals surface area contributed by atoms with Gasteiger partial charge < -0.3 is 10.2 Å². The van der Waals surface area contributed by atoms with Gasteiger partial charge in [0.05, 0.1) is 11.7 Å². The van der Waals surface area contributed by atoms with Gasteiger partial charge in [-0.25, -0.2) is 4.39 Å². The maximum Gasteiger partial charge on any atom is 0.185 e. The molecule has 0 fully saturated rings. The summed E-state index contributed by atoms with van der Waals surface area (Å²) in [5, 5.41) is 28.3. The largest absolute Gasteiger partial charge is 0.390 e. The Labute approximate surface area is 114 Å². The first-order valence-electron chi connectivity index (χ1n) is 5.64. The Bertz CT molecular complexity index is 501. The van der Waals surface area contributed by atoms with E-state index in [9.17, 15) is 19.4 Å². The van der Waals surface area contributed by atoms with Gasteiger partial charge in [0.2, 0.25) is 0 Å². The molecule has 2 atom stereocenters. The van der Waals surface area contributed by atoms with Crippen molar-refractivity contribution in [3.8, 4) is 6.07 Å². The van der Waals surface area contributed by atoms with Gasteiger partial charge in [0.25, 0.3) is 0 Å². The number of aliphatic hydroxyl groups excluding tert-OH is 2. The van der Waals surface area contributed by atoms with Crippen LogP contribution in [0.4, 0.5) is 4.39 Å². The van der Waals surface area contributed by atoms with Crippen molar-refractivity contribution in [1.82, 2.24) is 0 Å². The molecule has 0 saturated carbocycles. The lowest BCUT2D eigenvalue weighted by atomic mass is 10.0. The lowest BCUT2D eigenvalue weighted by molar-refractivity contribution is -0.109. The highest BCUT2D eigenvalue weighted by Gasteiger charge is 2.19. The molecule has 1 rings (SSSR count). The fourth-order valence-electron chi connectivity index (χ4n) is 1.52. The molecule has 2 unspecified atom stereocenters. The summed E-state index contributed by atoms with van der Waals surface area (Å²) in [7, 11) is 0. The molecule has 0 aliphatic rings. The average molecular weight is 283 g/mol. The molecule has 102 valence electrons. The fourth-order valence-corrected chi connectivity index (χ4v) is 2.16. The molecule has 4 nitrogen and oxygen atoms in total. The second kappa shape index (κ2) is 7.24. The molecule has 0 spiro atoms. The molecule has 0 saturated heterocycles. The third kappa shape index (κ3) is 4.63. The van der Waals surface area contributed by atoms with Crippen molar-refractivity contribution in [3.63, 3.8) is 0 Å².